The predicted octanol–water partition coefficient (Wildman–Crippen LogP) is -0.00150. The Balaban J connectivity index is 1.66. The topological polar surface area (TPSA) is 100 Å². The maximum absolute atomic E-state index is 14.3. The number of hydrogen-bond acceptors (Lipinski definition) is 6. The average Bonchev–Trinajstić information content (AvgIpc) is 3.13. The average molecular weight is 353 g/mol. The van der Waals surface area contributed by atoms with Gasteiger partial charge in [-0.05, 0) is 12.1 Å². The van der Waals surface area contributed by atoms with Gasteiger partial charge in [0, 0.05) is 26.1 Å². The fraction of sp³-hybridized carbons (Fsp3) is 0.500. The van der Waals surface area contributed by atoms with Crippen LogP contribution in [0.3, 0.4) is 0 Å². The first kappa shape index (κ1) is 17.4. The number of aliphatic hydroxyl groups excluding tert-OH is 1. The number of benzene rings is 1. The molecule has 3 N–H and O–H groups in total. The highest BCUT2D eigenvalue weighted by Gasteiger charge is 2.33. The minimum absolute atomic E-state index is 0.0128. The van der Waals surface area contributed by atoms with E-state index < -0.39 is 30.2 Å². The summed E-state index contributed by atoms with van der Waals surface area (Å²) < 4.78 is 24.9. The van der Waals surface area contributed by atoms with Gasteiger partial charge in [-0.25, -0.2) is 9.18 Å². The van der Waals surface area contributed by atoms with Gasteiger partial charge in [-0.15, -0.1) is 0 Å². The van der Waals surface area contributed by atoms with E-state index in [4.69, 9.17) is 9.47 Å². The van der Waals surface area contributed by atoms with E-state index >= 15 is 0 Å². The number of hydrogen-bond donors (Lipinski definition) is 3. The second-order valence-corrected chi connectivity index (χ2v) is 6.05. The zero-order valence-electron chi connectivity index (χ0n) is 13.7. The van der Waals surface area contributed by atoms with Crippen molar-refractivity contribution in [1.29, 1.82) is 0 Å². The zero-order valence-corrected chi connectivity index (χ0v) is 13.7. The van der Waals surface area contributed by atoms with Crippen LogP contribution in [0.25, 0.3) is 0 Å². The summed E-state index contributed by atoms with van der Waals surface area (Å²) in [6, 6.07) is 4.16. The number of nitrogens with one attached hydrogen (secondary N) is 2. The van der Waals surface area contributed by atoms with E-state index in [-0.39, 0.29) is 24.7 Å². The molecule has 0 bridgehead atoms. The summed E-state index contributed by atoms with van der Waals surface area (Å²) in [6.45, 7) is 2.63. The minimum Gasteiger partial charge on any atom is -0.483 e. The summed E-state index contributed by atoms with van der Waals surface area (Å²) in [4.78, 5) is 24.2. The van der Waals surface area contributed by atoms with Gasteiger partial charge in [0.05, 0.1) is 18.8 Å². The largest absolute Gasteiger partial charge is 0.483 e. The van der Waals surface area contributed by atoms with Crippen LogP contribution in [0.1, 0.15) is 6.92 Å². The van der Waals surface area contributed by atoms with Crippen molar-refractivity contribution in [2.24, 2.45) is 0 Å². The number of carbonyl (C=O) groups excluding carboxylic acids is 2. The van der Waals surface area contributed by atoms with E-state index in [1.807, 2.05) is 0 Å². The number of carbonyl (C=O) groups is 2. The lowest BCUT2D eigenvalue weighted by Gasteiger charge is -2.18. The molecule has 2 saturated heterocycles. The molecule has 8 nitrogen and oxygen atoms in total. The van der Waals surface area contributed by atoms with Crippen LogP contribution in [0.4, 0.5) is 14.9 Å². The Bertz CT molecular complexity index is 671. The molecule has 25 heavy (non-hydrogen) atoms. The Morgan fingerprint density at radius 1 is 1.52 bits per heavy atom. The fourth-order valence-corrected chi connectivity index (χ4v) is 2.77. The first-order valence-electron chi connectivity index (χ1n) is 8.01. The van der Waals surface area contributed by atoms with Crippen LogP contribution in [-0.2, 0) is 9.53 Å². The molecule has 1 aromatic carbocycles. The first-order valence-corrected chi connectivity index (χ1v) is 8.01. The van der Waals surface area contributed by atoms with Gasteiger partial charge >= 0.3 is 6.09 Å². The van der Waals surface area contributed by atoms with Gasteiger partial charge in [-0.3, -0.25) is 9.69 Å². The lowest BCUT2D eigenvalue weighted by atomic mass is 10.2. The minimum atomic E-state index is -0.692. The Hall–Kier alpha value is -2.39. The lowest BCUT2D eigenvalue weighted by molar-refractivity contribution is -0.119. The highest BCUT2D eigenvalue weighted by molar-refractivity contribution is 5.89. The SMILES string of the molecule is CC(=O)NC[C@H]1CN(c2ccc(O[C@H]3CNCC3O)c(F)c2)C(=O)O1. The molecule has 0 aromatic heterocycles. The van der Waals surface area contributed by atoms with Gasteiger partial charge < -0.3 is 25.2 Å². The van der Waals surface area contributed by atoms with Gasteiger partial charge in [-0.1, -0.05) is 0 Å². The van der Waals surface area contributed by atoms with Gasteiger partial charge in [0.25, 0.3) is 0 Å². The molecule has 1 unspecified atom stereocenters. The number of β-amino-alcohol motifs (C(OH)–C–C–N with tert-alkyl or cyclic N) is 1. The molecule has 2 aliphatic heterocycles. The Morgan fingerprint density at radius 3 is 2.96 bits per heavy atom. The smallest absolute Gasteiger partial charge is 0.414 e. The molecule has 2 fully saturated rings. The van der Waals surface area contributed by atoms with Crippen LogP contribution in [0.5, 0.6) is 5.75 Å². The third kappa shape index (κ3) is 3.99. The summed E-state index contributed by atoms with van der Waals surface area (Å²) in [5.41, 5.74) is 0.338. The Kier molecular flexibility index (Phi) is 5.05. The van der Waals surface area contributed by atoms with Crippen molar-refractivity contribution in [3.8, 4) is 5.75 Å². The monoisotopic (exact) mass is 353 g/mol. The van der Waals surface area contributed by atoms with Crippen LogP contribution in [0, 0.1) is 5.82 Å². The summed E-state index contributed by atoms with van der Waals surface area (Å²) >= 11 is 0. The van der Waals surface area contributed by atoms with Crippen LogP contribution in [0.15, 0.2) is 18.2 Å². The number of aliphatic hydroxyl groups is 1. The molecule has 0 aliphatic carbocycles. The number of nitrogens with zero attached hydrogens (tertiary/aromatic N) is 1. The van der Waals surface area contributed by atoms with Crippen molar-refractivity contribution in [2.45, 2.75) is 25.2 Å². The van der Waals surface area contributed by atoms with E-state index in [9.17, 15) is 19.1 Å². The molecular formula is C16H20FN3O5. The second-order valence-electron chi connectivity index (χ2n) is 6.05. The van der Waals surface area contributed by atoms with Crippen molar-refractivity contribution >= 4 is 17.7 Å². The molecule has 1 aromatic rings. The lowest BCUT2D eigenvalue weighted by Crippen LogP contribution is -2.33. The Labute approximate surface area is 143 Å². The molecule has 3 atom stereocenters. The van der Waals surface area contributed by atoms with E-state index in [0.29, 0.717) is 18.8 Å². The third-order valence-electron chi connectivity index (χ3n) is 4.09. The standard InChI is InChI=1S/C16H20FN3O5/c1-9(21)19-5-11-8-20(16(23)24-11)10-2-3-14(12(17)4-10)25-15-7-18-6-13(15)22/h2-4,11,13,15,18,22H,5-8H2,1H3,(H,19,21)/t11-,13?,15-/m0/s1. The van der Waals surface area contributed by atoms with Gasteiger partial charge in [0.2, 0.25) is 5.91 Å². The number of halogens is 1. The van der Waals surface area contributed by atoms with Gasteiger partial charge in [0.1, 0.15) is 18.3 Å². The molecule has 2 amide bonds. The highest BCUT2D eigenvalue weighted by atomic mass is 19.1. The van der Waals surface area contributed by atoms with Crippen LogP contribution in [-0.4, -0.2) is 61.6 Å². The van der Waals surface area contributed by atoms with Crippen molar-refractivity contribution in [3.63, 3.8) is 0 Å². The van der Waals surface area contributed by atoms with E-state index in [2.05, 4.69) is 10.6 Å². The predicted molar refractivity (Wildman–Crippen MR) is 86.0 cm³/mol. The summed E-state index contributed by atoms with van der Waals surface area (Å²) in [5, 5.41) is 15.2. The van der Waals surface area contributed by atoms with Gasteiger partial charge in [0.15, 0.2) is 11.6 Å². The van der Waals surface area contributed by atoms with E-state index in [1.54, 1.807) is 6.07 Å². The molecule has 9 heteroatoms. The number of anilines is 1. The van der Waals surface area contributed by atoms with E-state index in [0.717, 1.165) is 0 Å². The van der Waals surface area contributed by atoms with Crippen LogP contribution in [0.2, 0.25) is 0 Å². The second kappa shape index (κ2) is 7.24. The maximum atomic E-state index is 14.3. The third-order valence-corrected chi connectivity index (χ3v) is 4.09. The summed E-state index contributed by atoms with van der Waals surface area (Å²) in [5.74, 6) is -0.834. The Morgan fingerprint density at radius 2 is 2.32 bits per heavy atom. The maximum Gasteiger partial charge on any atom is 0.414 e. The molecule has 0 saturated carbocycles. The summed E-state index contributed by atoms with van der Waals surface area (Å²) in [6.07, 6.45) is -2.30. The van der Waals surface area contributed by atoms with Crippen LogP contribution >= 0.6 is 0 Å². The molecule has 136 valence electrons. The molecule has 2 aliphatic rings. The zero-order chi connectivity index (χ0) is 18.0. The normalized spacial score (nSPS) is 25.8. The highest BCUT2D eigenvalue weighted by Crippen LogP contribution is 2.28. The van der Waals surface area contributed by atoms with Crippen LogP contribution < -0.4 is 20.3 Å². The van der Waals surface area contributed by atoms with Crippen molar-refractivity contribution in [1.82, 2.24) is 10.6 Å². The summed E-state index contributed by atoms with van der Waals surface area (Å²) in [7, 11) is 0. The number of amides is 2. The number of cyclic esters (lactones) is 1. The quantitative estimate of drug-likeness (QED) is 0.689. The molecular weight excluding hydrogens is 333 g/mol. The van der Waals surface area contributed by atoms with E-state index in [1.165, 1.54) is 24.0 Å². The number of rotatable bonds is 5. The molecule has 2 heterocycles. The van der Waals surface area contributed by atoms with Crippen molar-refractivity contribution < 1.29 is 28.6 Å². The molecule has 0 spiro atoms. The molecule has 3 rings (SSSR count). The van der Waals surface area contributed by atoms with Crippen molar-refractivity contribution in [2.75, 3.05) is 31.1 Å². The van der Waals surface area contributed by atoms with Gasteiger partial charge in [-0.2, -0.15) is 0 Å². The number of ether oxygens (including phenoxy) is 2. The molecule has 0 radical (unpaired) electrons. The van der Waals surface area contributed by atoms with Crippen molar-refractivity contribution in [3.05, 3.63) is 24.0 Å². The fourth-order valence-electron chi connectivity index (χ4n) is 2.77. The first-order chi connectivity index (χ1) is 11.9.